The lowest BCUT2D eigenvalue weighted by molar-refractivity contribution is -0.153. The number of hydrogen-bond acceptors (Lipinski definition) is 5. The van der Waals surface area contributed by atoms with E-state index in [0.717, 1.165) is 51.4 Å². The lowest BCUT2D eigenvalue weighted by atomic mass is 9.76. The largest absolute Gasteiger partial charge is 0.464 e. The molecule has 2 unspecified atom stereocenters. The number of aliphatic hydroxyl groups excluding tert-OH is 1. The molecule has 7 heteroatoms. The zero-order chi connectivity index (χ0) is 24.3. The number of carbonyl (C=O) groups is 3. The van der Waals surface area contributed by atoms with E-state index in [1.54, 1.807) is 11.8 Å². The molecular formula is C27H46N2O5. The number of amides is 2. The topological polar surface area (TPSA) is 87.1 Å². The molecule has 0 aromatic rings. The zero-order valence-electron chi connectivity index (χ0n) is 21.2. The summed E-state index contributed by atoms with van der Waals surface area (Å²) in [5.41, 5.74) is 0. The van der Waals surface area contributed by atoms with E-state index < -0.39 is 0 Å². The Labute approximate surface area is 205 Å². The summed E-state index contributed by atoms with van der Waals surface area (Å²) in [4.78, 5) is 43.2. The van der Waals surface area contributed by atoms with Gasteiger partial charge in [0.1, 0.15) is 6.61 Å². The van der Waals surface area contributed by atoms with E-state index in [1.807, 2.05) is 0 Å². The second-order valence-corrected chi connectivity index (χ2v) is 10.4. The van der Waals surface area contributed by atoms with Crippen molar-refractivity contribution in [3.05, 3.63) is 0 Å². The number of carbonyl (C=O) groups excluding carboxylic acids is 3. The SMILES string of the molecule is CCC(=O)OCCN(CCO)C(=O)C1CCCCC1C(=O)N(C1CCCCC1)C1CCCCC1. The van der Waals surface area contributed by atoms with Crippen LogP contribution in [0.1, 0.15) is 103 Å². The maximum absolute atomic E-state index is 14.2. The van der Waals surface area contributed by atoms with Crippen LogP contribution in [0, 0.1) is 11.8 Å². The van der Waals surface area contributed by atoms with Crippen LogP contribution in [-0.2, 0) is 19.1 Å². The molecule has 34 heavy (non-hydrogen) atoms. The van der Waals surface area contributed by atoms with Gasteiger partial charge in [0.05, 0.1) is 13.2 Å². The molecule has 0 bridgehead atoms. The molecule has 194 valence electrons. The number of rotatable bonds is 10. The standard InChI is InChI=1S/C27H46N2O5/c1-2-25(31)34-20-18-28(17-19-30)26(32)23-15-9-10-16-24(23)27(33)29(21-11-5-3-6-12-21)22-13-7-4-8-14-22/h21-24,30H,2-20H2,1H3. The van der Waals surface area contributed by atoms with Crippen molar-refractivity contribution in [3.8, 4) is 0 Å². The third-order valence-corrected chi connectivity index (χ3v) is 8.19. The molecule has 0 aromatic carbocycles. The second kappa shape index (κ2) is 14.1. The van der Waals surface area contributed by atoms with Gasteiger partial charge in [-0.15, -0.1) is 0 Å². The van der Waals surface area contributed by atoms with Gasteiger partial charge in [0.2, 0.25) is 11.8 Å². The number of ether oxygens (including phenoxy) is 1. The van der Waals surface area contributed by atoms with Gasteiger partial charge < -0.3 is 19.6 Å². The molecule has 0 saturated heterocycles. The Morgan fingerprint density at radius 3 is 1.74 bits per heavy atom. The third-order valence-electron chi connectivity index (χ3n) is 8.19. The molecule has 0 radical (unpaired) electrons. The van der Waals surface area contributed by atoms with E-state index in [1.165, 1.54) is 38.5 Å². The van der Waals surface area contributed by atoms with E-state index in [9.17, 15) is 19.5 Å². The number of hydrogen-bond donors (Lipinski definition) is 1. The molecular weight excluding hydrogens is 432 g/mol. The fraction of sp³-hybridized carbons (Fsp3) is 0.889. The highest BCUT2D eigenvalue weighted by Gasteiger charge is 2.43. The molecule has 0 spiro atoms. The van der Waals surface area contributed by atoms with E-state index in [-0.39, 0.29) is 55.9 Å². The van der Waals surface area contributed by atoms with Crippen molar-refractivity contribution < 1.29 is 24.2 Å². The minimum atomic E-state index is -0.343. The summed E-state index contributed by atoms with van der Waals surface area (Å²) in [7, 11) is 0. The van der Waals surface area contributed by atoms with Crippen LogP contribution >= 0.6 is 0 Å². The lowest BCUT2D eigenvalue weighted by Gasteiger charge is -2.45. The van der Waals surface area contributed by atoms with Crippen molar-refractivity contribution in [1.29, 1.82) is 0 Å². The highest BCUT2D eigenvalue weighted by atomic mass is 16.5. The molecule has 3 fully saturated rings. The molecule has 3 saturated carbocycles. The predicted molar refractivity (Wildman–Crippen MR) is 131 cm³/mol. The summed E-state index contributed by atoms with van der Waals surface area (Å²) in [6.07, 6.45) is 15.3. The Morgan fingerprint density at radius 2 is 1.24 bits per heavy atom. The molecule has 3 aliphatic rings. The van der Waals surface area contributed by atoms with Gasteiger partial charge in [-0.2, -0.15) is 0 Å². The molecule has 0 aromatic heterocycles. The van der Waals surface area contributed by atoms with Crippen LogP contribution in [0.4, 0.5) is 0 Å². The van der Waals surface area contributed by atoms with Crippen LogP contribution in [0.25, 0.3) is 0 Å². The van der Waals surface area contributed by atoms with Crippen molar-refractivity contribution in [1.82, 2.24) is 9.80 Å². The normalized spacial score (nSPS) is 24.4. The van der Waals surface area contributed by atoms with Crippen molar-refractivity contribution in [3.63, 3.8) is 0 Å². The van der Waals surface area contributed by atoms with Crippen molar-refractivity contribution >= 4 is 17.8 Å². The Kier molecular flexibility index (Phi) is 11.1. The van der Waals surface area contributed by atoms with Gasteiger partial charge in [-0.05, 0) is 38.5 Å². The van der Waals surface area contributed by atoms with E-state index in [0.29, 0.717) is 18.5 Å². The average Bonchev–Trinajstić information content (AvgIpc) is 2.89. The summed E-state index contributed by atoms with van der Waals surface area (Å²) in [5.74, 6) is -0.767. The number of esters is 1. The minimum Gasteiger partial charge on any atom is -0.464 e. The van der Waals surface area contributed by atoms with Gasteiger partial charge in [0, 0.05) is 36.9 Å². The van der Waals surface area contributed by atoms with Crippen LogP contribution in [-0.4, -0.2) is 71.1 Å². The maximum Gasteiger partial charge on any atom is 0.305 e. The van der Waals surface area contributed by atoms with Gasteiger partial charge in [0.25, 0.3) is 0 Å². The third kappa shape index (κ3) is 7.19. The monoisotopic (exact) mass is 478 g/mol. The van der Waals surface area contributed by atoms with Gasteiger partial charge in [-0.25, -0.2) is 0 Å². The Bertz CT molecular complexity index is 639. The van der Waals surface area contributed by atoms with E-state index in [2.05, 4.69) is 4.90 Å². The predicted octanol–water partition coefficient (Wildman–Crippen LogP) is 4.06. The molecule has 7 nitrogen and oxygen atoms in total. The molecule has 1 N–H and O–H groups in total. The molecule has 0 heterocycles. The summed E-state index contributed by atoms with van der Waals surface area (Å²) < 4.78 is 5.19. The summed E-state index contributed by atoms with van der Waals surface area (Å²) >= 11 is 0. The first-order chi connectivity index (χ1) is 16.6. The first-order valence-electron chi connectivity index (χ1n) is 13.9. The van der Waals surface area contributed by atoms with E-state index in [4.69, 9.17) is 4.74 Å². The van der Waals surface area contributed by atoms with Crippen LogP contribution < -0.4 is 0 Å². The van der Waals surface area contributed by atoms with Gasteiger partial charge in [-0.1, -0.05) is 58.3 Å². The van der Waals surface area contributed by atoms with Crippen molar-refractivity contribution in [2.45, 2.75) is 115 Å². The Hall–Kier alpha value is -1.63. The molecule has 2 amide bonds. The van der Waals surface area contributed by atoms with Crippen LogP contribution in [0.5, 0.6) is 0 Å². The quantitative estimate of drug-likeness (QED) is 0.479. The fourth-order valence-electron chi connectivity index (χ4n) is 6.35. The highest BCUT2D eigenvalue weighted by molar-refractivity contribution is 5.88. The van der Waals surface area contributed by atoms with Crippen LogP contribution in [0.3, 0.4) is 0 Å². The molecule has 3 rings (SSSR count). The minimum absolute atomic E-state index is 0.0631. The second-order valence-electron chi connectivity index (χ2n) is 10.4. The Morgan fingerprint density at radius 1 is 0.735 bits per heavy atom. The smallest absolute Gasteiger partial charge is 0.305 e. The zero-order valence-corrected chi connectivity index (χ0v) is 21.2. The van der Waals surface area contributed by atoms with Crippen LogP contribution in [0.2, 0.25) is 0 Å². The number of nitrogens with zero attached hydrogens (tertiary/aromatic N) is 2. The highest BCUT2D eigenvalue weighted by Crippen LogP contribution is 2.37. The summed E-state index contributed by atoms with van der Waals surface area (Å²) in [6, 6.07) is 0.646. The summed E-state index contributed by atoms with van der Waals surface area (Å²) in [6.45, 7) is 2.18. The van der Waals surface area contributed by atoms with Gasteiger partial charge in [0.15, 0.2) is 0 Å². The Balaban J connectivity index is 1.75. The first-order valence-corrected chi connectivity index (χ1v) is 13.9. The number of aliphatic hydroxyl groups is 1. The molecule has 2 atom stereocenters. The van der Waals surface area contributed by atoms with E-state index >= 15 is 0 Å². The maximum atomic E-state index is 14.2. The van der Waals surface area contributed by atoms with Gasteiger partial charge >= 0.3 is 5.97 Å². The average molecular weight is 479 g/mol. The van der Waals surface area contributed by atoms with Crippen LogP contribution in [0.15, 0.2) is 0 Å². The molecule has 3 aliphatic carbocycles. The molecule has 0 aliphatic heterocycles. The van der Waals surface area contributed by atoms with Crippen molar-refractivity contribution in [2.75, 3.05) is 26.3 Å². The summed E-state index contributed by atoms with van der Waals surface area (Å²) in [5, 5.41) is 9.57. The fourth-order valence-corrected chi connectivity index (χ4v) is 6.35. The van der Waals surface area contributed by atoms with Crippen molar-refractivity contribution in [2.24, 2.45) is 11.8 Å². The first kappa shape index (κ1) is 27.0. The van der Waals surface area contributed by atoms with Gasteiger partial charge in [-0.3, -0.25) is 14.4 Å². The lowest BCUT2D eigenvalue weighted by Crippen LogP contribution is -2.54.